The predicted octanol–water partition coefficient (Wildman–Crippen LogP) is 3.17. The molecule has 6 nitrogen and oxygen atoms in total. The maximum Gasteiger partial charge on any atom is 0.276 e. The van der Waals surface area contributed by atoms with E-state index in [0.717, 1.165) is 11.1 Å². The SMILES string of the molecule is O=C(COc1ccccc1Cc1ccccc1)NNC(=O)c1ccc[nH]c1=S. The minimum atomic E-state index is -0.500. The van der Waals surface area contributed by atoms with Crippen molar-refractivity contribution in [3.05, 3.63) is 94.3 Å². The lowest BCUT2D eigenvalue weighted by Gasteiger charge is -2.12. The zero-order valence-electron chi connectivity index (χ0n) is 15.0. The van der Waals surface area contributed by atoms with Crippen molar-refractivity contribution in [3.8, 4) is 5.75 Å². The topological polar surface area (TPSA) is 83.2 Å². The highest BCUT2D eigenvalue weighted by atomic mass is 32.1. The number of carbonyl (C=O) groups is 2. The monoisotopic (exact) mass is 393 g/mol. The van der Waals surface area contributed by atoms with Crippen molar-refractivity contribution in [1.82, 2.24) is 15.8 Å². The van der Waals surface area contributed by atoms with Crippen LogP contribution in [0.25, 0.3) is 0 Å². The summed E-state index contributed by atoms with van der Waals surface area (Å²) in [5.41, 5.74) is 7.04. The van der Waals surface area contributed by atoms with Gasteiger partial charge in [0.15, 0.2) is 6.61 Å². The zero-order valence-corrected chi connectivity index (χ0v) is 15.8. The van der Waals surface area contributed by atoms with Crippen LogP contribution in [-0.4, -0.2) is 23.4 Å². The predicted molar refractivity (Wildman–Crippen MR) is 108 cm³/mol. The van der Waals surface area contributed by atoms with Gasteiger partial charge < -0.3 is 9.72 Å². The number of nitrogens with one attached hydrogen (secondary N) is 3. The van der Waals surface area contributed by atoms with Crippen molar-refractivity contribution in [1.29, 1.82) is 0 Å². The molecule has 142 valence electrons. The maximum absolute atomic E-state index is 12.0. The molecule has 3 rings (SSSR count). The van der Waals surface area contributed by atoms with Gasteiger partial charge in [0.25, 0.3) is 11.8 Å². The van der Waals surface area contributed by atoms with E-state index in [4.69, 9.17) is 17.0 Å². The van der Waals surface area contributed by atoms with Gasteiger partial charge in [-0.05, 0) is 29.3 Å². The summed E-state index contributed by atoms with van der Waals surface area (Å²) in [5, 5.41) is 0. The Morgan fingerprint density at radius 2 is 1.68 bits per heavy atom. The van der Waals surface area contributed by atoms with Crippen LogP contribution >= 0.6 is 12.2 Å². The number of hydrazine groups is 1. The number of aromatic amines is 1. The lowest BCUT2D eigenvalue weighted by Crippen LogP contribution is -2.44. The van der Waals surface area contributed by atoms with Gasteiger partial charge in [-0.25, -0.2) is 0 Å². The first-order chi connectivity index (χ1) is 13.6. The molecule has 0 atom stereocenters. The standard InChI is InChI=1S/C21H19N3O3S/c25-19(23-24-20(26)17-10-6-12-22-21(17)28)14-27-18-11-5-4-9-16(18)13-15-7-2-1-3-8-15/h1-12H,13-14H2,(H,22,28)(H,23,25)(H,24,26). The fourth-order valence-corrected chi connectivity index (χ4v) is 2.81. The van der Waals surface area contributed by atoms with E-state index in [1.54, 1.807) is 18.3 Å². The highest BCUT2D eigenvalue weighted by Crippen LogP contribution is 2.21. The van der Waals surface area contributed by atoms with Crippen LogP contribution in [0.5, 0.6) is 5.75 Å². The number of rotatable bonds is 6. The van der Waals surface area contributed by atoms with Crippen LogP contribution in [0.4, 0.5) is 0 Å². The Morgan fingerprint density at radius 3 is 2.46 bits per heavy atom. The van der Waals surface area contributed by atoms with Crippen LogP contribution in [0.1, 0.15) is 21.5 Å². The zero-order chi connectivity index (χ0) is 19.8. The number of hydrogen-bond acceptors (Lipinski definition) is 4. The number of H-pyrrole nitrogens is 1. The number of ether oxygens (including phenoxy) is 1. The molecule has 28 heavy (non-hydrogen) atoms. The average Bonchev–Trinajstić information content (AvgIpc) is 2.72. The second-order valence-corrected chi connectivity index (χ2v) is 6.38. The fourth-order valence-electron chi connectivity index (χ4n) is 2.58. The number of hydrogen-bond donors (Lipinski definition) is 3. The van der Waals surface area contributed by atoms with E-state index in [2.05, 4.69) is 15.8 Å². The molecule has 0 aliphatic rings. The van der Waals surface area contributed by atoms with Crippen molar-refractivity contribution in [3.63, 3.8) is 0 Å². The van der Waals surface area contributed by atoms with Gasteiger partial charge in [0.1, 0.15) is 10.4 Å². The Kier molecular flexibility index (Phi) is 6.54. The van der Waals surface area contributed by atoms with Gasteiger partial charge >= 0.3 is 0 Å². The minimum Gasteiger partial charge on any atom is -0.483 e. The summed E-state index contributed by atoms with van der Waals surface area (Å²) in [5.74, 6) is -0.355. The van der Waals surface area contributed by atoms with Crippen LogP contribution in [0.15, 0.2) is 72.9 Å². The number of pyridine rings is 1. The quantitative estimate of drug-likeness (QED) is 0.444. The molecule has 0 spiro atoms. The average molecular weight is 393 g/mol. The second kappa shape index (κ2) is 9.48. The molecule has 0 fully saturated rings. The molecular formula is C21H19N3O3S. The van der Waals surface area contributed by atoms with Gasteiger partial charge in [0.05, 0.1) is 5.56 Å². The van der Waals surface area contributed by atoms with E-state index >= 15 is 0 Å². The van der Waals surface area contributed by atoms with Gasteiger partial charge in [-0.3, -0.25) is 20.4 Å². The summed E-state index contributed by atoms with van der Waals surface area (Å²) in [4.78, 5) is 26.8. The number of amides is 2. The van der Waals surface area contributed by atoms with Crippen LogP contribution in [0.3, 0.4) is 0 Å². The third-order valence-corrected chi connectivity index (χ3v) is 4.28. The highest BCUT2D eigenvalue weighted by Gasteiger charge is 2.10. The van der Waals surface area contributed by atoms with E-state index in [1.807, 2.05) is 54.6 Å². The van der Waals surface area contributed by atoms with Gasteiger partial charge in [0, 0.05) is 12.6 Å². The molecule has 3 aromatic rings. The first kappa shape index (κ1) is 19.3. The van der Waals surface area contributed by atoms with E-state index < -0.39 is 11.8 Å². The van der Waals surface area contributed by atoms with Crippen LogP contribution < -0.4 is 15.6 Å². The molecule has 0 radical (unpaired) electrons. The number of para-hydroxylation sites is 1. The Balaban J connectivity index is 1.54. The first-order valence-electron chi connectivity index (χ1n) is 8.65. The molecule has 0 saturated heterocycles. The van der Waals surface area contributed by atoms with Crippen LogP contribution in [0.2, 0.25) is 0 Å². The molecule has 2 amide bonds. The highest BCUT2D eigenvalue weighted by molar-refractivity contribution is 7.71. The summed E-state index contributed by atoms with van der Waals surface area (Å²) in [6.45, 7) is -0.228. The Hall–Kier alpha value is -3.45. The van der Waals surface area contributed by atoms with Crippen molar-refractivity contribution >= 4 is 24.0 Å². The van der Waals surface area contributed by atoms with E-state index in [9.17, 15) is 9.59 Å². The molecule has 1 heterocycles. The normalized spacial score (nSPS) is 10.1. The van der Waals surface area contributed by atoms with Crippen molar-refractivity contribution in [2.45, 2.75) is 6.42 Å². The molecule has 0 aliphatic carbocycles. The molecule has 1 aromatic heterocycles. The summed E-state index contributed by atoms with van der Waals surface area (Å²) < 4.78 is 5.93. The van der Waals surface area contributed by atoms with Crippen molar-refractivity contribution in [2.75, 3.05) is 6.61 Å². The van der Waals surface area contributed by atoms with Crippen LogP contribution in [0, 0.1) is 4.64 Å². The van der Waals surface area contributed by atoms with Crippen molar-refractivity contribution in [2.24, 2.45) is 0 Å². The van der Waals surface area contributed by atoms with E-state index in [0.29, 0.717) is 16.8 Å². The summed E-state index contributed by atoms with van der Waals surface area (Å²) >= 11 is 5.04. The van der Waals surface area contributed by atoms with E-state index in [1.165, 1.54) is 0 Å². The molecule has 3 N–H and O–H groups in total. The minimum absolute atomic E-state index is 0.228. The first-order valence-corrected chi connectivity index (χ1v) is 9.06. The number of carbonyl (C=O) groups excluding carboxylic acids is 2. The molecule has 0 saturated carbocycles. The van der Waals surface area contributed by atoms with E-state index in [-0.39, 0.29) is 12.2 Å². The molecule has 7 heteroatoms. The number of benzene rings is 2. The fraction of sp³-hybridized carbons (Fsp3) is 0.0952. The largest absolute Gasteiger partial charge is 0.483 e. The maximum atomic E-state index is 12.0. The van der Waals surface area contributed by atoms with Crippen molar-refractivity contribution < 1.29 is 14.3 Å². The summed E-state index contributed by atoms with van der Waals surface area (Å²) in [6.07, 6.45) is 2.32. The Bertz CT molecular complexity index is 1020. The lowest BCUT2D eigenvalue weighted by molar-refractivity contribution is -0.123. The third kappa shape index (κ3) is 5.28. The second-order valence-electron chi connectivity index (χ2n) is 5.97. The molecule has 0 bridgehead atoms. The van der Waals surface area contributed by atoms with Gasteiger partial charge in [-0.1, -0.05) is 60.7 Å². The third-order valence-electron chi connectivity index (χ3n) is 3.95. The summed E-state index contributed by atoms with van der Waals surface area (Å²) in [6, 6.07) is 20.8. The Morgan fingerprint density at radius 1 is 0.929 bits per heavy atom. The molecule has 2 aromatic carbocycles. The molecule has 0 aliphatic heterocycles. The molecular weight excluding hydrogens is 374 g/mol. The molecule has 0 unspecified atom stereocenters. The number of aromatic nitrogens is 1. The lowest BCUT2D eigenvalue weighted by atomic mass is 10.0. The summed E-state index contributed by atoms with van der Waals surface area (Å²) in [7, 11) is 0. The van der Waals surface area contributed by atoms with Crippen LogP contribution in [-0.2, 0) is 11.2 Å². The Labute approximate surface area is 167 Å². The smallest absolute Gasteiger partial charge is 0.276 e. The van der Waals surface area contributed by atoms with Gasteiger partial charge in [0.2, 0.25) is 0 Å². The van der Waals surface area contributed by atoms with Gasteiger partial charge in [-0.15, -0.1) is 0 Å². The van der Waals surface area contributed by atoms with Gasteiger partial charge in [-0.2, -0.15) is 0 Å².